The summed E-state index contributed by atoms with van der Waals surface area (Å²) in [4.78, 5) is 0. The van der Waals surface area contributed by atoms with E-state index in [1.807, 2.05) is 0 Å². The molecule has 0 aromatic heterocycles. The van der Waals surface area contributed by atoms with Crippen LogP contribution in [0.4, 0.5) is 0 Å². The SMILES string of the molecule is c1ccc(-c2cc(-c3ccccc3)cc(-c3cc4ccc5ccc6c7c(-c8ccccc8)c8cc9c(cc8c(-c8ccccc8)c7c7cc(c3)c4c5c67)c3cccc4c5ccc(-c6ccccc6)cc5cc9c43)c2)cc1. The second-order valence-corrected chi connectivity index (χ2v) is 21.0. The standard InChI is InChI=1S/C76H44/c1-6-17-45(18-7-1)51-32-33-59-57(35-51)41-65-64-44-67-66(43-63(64)61-28-16-27-60(59)73(61)65)71(49-25-14-5-15-26-49)76-68-42-58-40-55(56-38-53(46-19-8-2-9-20-46)37-54(39-56)47-21-10-3-11-22-47)36-52-30-29-50-31-34-62(74(68)72(50)69(52)58)75(76)70(67)48-23-12-4-13-24-48/h1-44H. The van der Waals surface area contributed by atoms with Crippen LogP contribution in [-0.4, -0.2) is 0 Å². The van der Waals surface area contributed by atoms with Gasteiger partial charge in [0.25, 0.3) is 0 Å². The number of benzene rings is 15. The number of rotatable bonds is 6. The van der Waals surface area contributed by atoms with Crippen LogP contribution in [0.25, 0.3) is 174 Å². The molecular formula is C76H44. The zero-order valence-corrected chi connectivity index (χ0v) is 41.4. The molecule has 0 aliphatic heterocycles. The van der Waals surface area contributed by atoms with Gasteiger partial charge in [-0.25, -0.2) is 0 Å². The van der Waals surface area contributed by atoms with Crippen molar-refractivity contribution in [2.24, 2.45) is 0 Å². The molecule has 0 N–H and O–H groups in total. The van der Waals surface area contributed by atoms with Crippen LogP contribution < -0.4 is 0 Å². The highest BCUT2D eigenvalue weighted by Crippen LogP contribution is 2.55. The lowest BCUT2D eigenvalue weighted by Gasteiger charge is -2.17. The van der Waals surface area contributed by atoms with Crippen molar-refractivity contribution in [1.29, 1.82) is 0 Å². The Balaban J connectivity index is 1.01. The van der Waals surface area contributed by atoms with Crippen molar-refractivity contribution < 1.29 is 0 Å². The average molecular weight is 957 g/mol. The van der Waals surface area contributed by atoms with E-state index in [0.29, 0.717) is 0 Å². The first-order valence-corrected chi connectivity index (χ1v) is 26.6. The summed E-state index contributed by atoms with van der Waals surface area (Å²) in [5, 5.41) is 26.0. The molecule has 0 saturated carbocycles. The molecule has 76 heavy (non-hydrogen) atoms. The molecule has 0 fully saturated rings. The minimum Gasteiger partial charge on any atom is -0.0622 e. The normalized spacial score (nSPS) is 12.2. The molecule has 17 aromatic carbocycles. The molecule has 348 valence electrons. The lowest BCUT2D eigenvalue weighted by atomic mass is 9.85. The lowest BCUT2D eigenvalue weighted by molar-refractivity contribution is 1.58. The Bertz CT molecular complexity index is 5100. The number of hydrogen-bond donors (Lipinski definition) is 0. The molecule has 0 spiro atoms. The second-order valence-electron chi connectivity index (χ2n) is 21.0. The van der Waals surface area contributed by atoms with Gasteiger partial charge in [0.1, 0.15) is 0 Å². The molecule has 0 heteroatoms. The predicted octanol–water partition coefficient (Wildman–Crippen LogP) is 21.5. The van der Waals surface area contributed by atoms with Crippen LogP contribution in [0.3, 0.4) is 0 Å². The molecule has 17 rings (SSSR count). The van der Waals surface area contributed by atoms with Gasteiger partial charge >= 0.3 is 0 Å². The van der Waals surface area contributed by atoms with Gasteiger partial charge in [-0.1, -0.05) is 206 Å². The van der Waals surface area contributed by atoms with Crippen molar-refractivity contribution in [3.63, 3.8) is 0 Å². The first kappa shape index (κ1) is 41.6. The molecule has 0 saturated heterocycles. The molecule has 0 amide bonds. The van der Waals surface area contributed by atoms with Crippen LogP contribution in [0, 0.1) is 0 Å². The summed E-state index contributed by atoms with van der Waals surface area (Å²) in [6.45, 7) is 0. The highest BCUT2D eigenvalue weighted by atomic mass is 14.3. The highest BCUT2D eigenvalue weighted by molar-refractivity contribution is 6.46. The van der Waals surface area contributed by atoms with Crippen LogP contribution in [0.5, 0.6) is 0 Å². The Morgan fingerprint density at radius 3 is 1.17 bits per heavy atom. The number of hydrogen-bond acceptors (Lipinski definition) is 0. The fraction of sp³-hybridized carbons (Fsp3) is 0. The van der Waals surface area contributed by atoms with E-state index in [2.05, 4.69) is 267 Å². The summed E-state index contributed by atoms with van der Waals surface area (Å²) in [5.74, 6) is 0. The molecule has 17 aromatic rings. The minimum atomic E-state index is 1.21. The summed E-state index contributed by atoms with van der Waals surface area (Å²) in [6.07, 6.45) is 0. The summed E-state index contributed by atoms with van der Waals surface area (Å²) < 4.78 is 0. The van der Waals surface area contributed by atoms with Gasteiger partial charge in [0.2, 0.25) is 0 Å². The second kappa shape index (κ2) is 15.8. The van der Waals surface area contributed by atoms with Crippen molar-refractivity contribution in [2.75, 3.05) is 0 Å². The topological polar surface area (TPSA) is 0 Å². The molecule has 0 nitrogen and oxygen atoms in total. The van der Waals surface area contributed by atoms with E-state index in [0.717, 1.165) is 0 Å². The fourth-order valence-corrected chi connectivity index (χ4v) is 13.7. The molecule has 0 bridgehead atoms. The molecule has 0 aliphatic rings. The summed E-state index contributed by atoms with van der Waals surface area (Å²) in [5.41, 5.74) is 14.8. The Kier molecular flexibility index (Phi) is 8.65. The largest absolute Gasteiger partial charge is 0.0622 e. The molecule has 0 unspecified atom stereocenters. The van der Waals surface area contributed by atoms with Gasteiger partial charge in [0.15, 0.2) is 0 Å². The third-order valence-corrected chi connectivity index (χ3v) is 17.0. The smallest absolute Gasteiger partial charge is 0.000719 e. The van der Waals surface area contributed by atoms with Crippen molar-refractivity contribution in [2.45, 2.75) is 0 Å². The van der Waals surface area contributed by atoms with Crippen LogP contribution in [0.1, 0.15) is 0 Å². The van der Waals surface area contributed by atoms with E-state index in [9.17, 15) is 0 Å². The van der Waals surface area contributed by atoms with Crippen molar-refractivity contribution in [3.8, 4) is 66.8 Å². The zero-order valence-electron chi connectivity index (χ0n) is 41.4. The van der Waals surface area contributed by atoms with Gasteiger partial charge in [0, 0.05) is 0 Å². The molecule has 0 radical (unpaired) electrons. The quantitative estimate of drug-likeness (QED) is 0.146. The predicted molar refractivity (Wildman–Crippen MR) is 328 cm³/mol. The Labute approximate surface area is 439 Å². The van der Waals surface area contributed by atoms with Gasteiger partial charge in [-0.05, 0) is 235 Å². The molecule has 0 atom stereocenters. The molecule has 0 heterocycles. The van der Waals surface area contributed by atoms with Gasteiger partial charge < -0.3 is 0 Å². The monoisotopic (exact) mass is 956 g/mol. The minimum absolute atomic E-state index is 1.21. The first-order chi connectivity index (χ1) is 37.7. The third kappa shape index (κ3) is 5.96. The first-order valence-electron chi connectivity index (χ1n) is 26.6. The lowest BCUT2D eigenvalue weighted by Crippen LogP contribution is -1.90. The fourth-order valence-electron chi connectivity index (χ4n) is 13.7. The van der Waals surface area contributed by atoms with E-state index < -0.39 is 0 Å². The van der Waals surface area contributed by atoms with Gasteiger partial charge in [-0.3, -0.25) is 0 Å². The summed E-state index contributed by atoms with van der Waals surface area (Å²) in [7, 11) is 0. The molecule has 0 aliphatic carbocycles. The van der Waals surface area contributed by atoms with Crippen LogP contribution in [0.15, 0.2) is 267 Å². The van der Waals surface area contributed by atoms with Crippen molar-refractivity contribution in [3.05, 3.63) is 267 Å². The van der Waals surface area contributed by atoms with Crippen molar-refractivity contribution >= 4 is 108 Å². The maximum absolute atomic E-state index is 2.57. The van der Waals surface area contributed by atoms with Gasteiger partial charge in [0.05, 0.1) is 0 Å². The van der Waals surface area contributed by atoms with Gasteiger partial charge in [-0.15, -0.1) is 0 Å². The summed E-state index contributed by atoms with van der Waals surface area (Å²) in [6, 6.07) is 101. The zero-order chi connectivity index (χ0) is 49.6. The molecular weight excluding hydrogens is 913 g/mol. The maximum Gasteiger partial charge on any atom is -0.000719 e. The van der Waals surface area contributed by atoms with E-state index in [1.54, 1.807) is 0 Å². The van der Waals surface area contributed by atoms with Crippen LogP contribution in [-0.2, 0) is 0 Å². The maximum atomic E-state index is 2.57. The third-order valence-electron chi connectivity index (χ3n) is 17.0. The van der Waals surface area contributed by atoms with Crippen LogP contribution >= 0.6 is 0 Å². The Morgan fingerprint density at radius 1 is 0.132 bits per heavy atom. The number of fused-ring (bicyclic) bond motifs is 9. The summed E-state index contributed by atoms with van der Waals surface area (Å²) >= 11 is 0. The van der Waals surface area contributed by atoms with Crippen molar-refractivity contribution in [1.82, 2.24) is 0 Å². The van der Waals surface area contributed by atoms with E-state index in [-0.39, 0.29) is 0 Å². The van der Waals surface area contributed by atoms with Crippen LogP contribution in [0.2, 0.25) is 0 Å². The highest BCUT2D eigenvalue weighted by Gasteiger charge is 2.27. The average Bonchev–Trinajstić information content (AvgIpc) is 4.10. The van der Waals surface area contributed by atoms with E-state index >= 15 is 0 Å². The Morgan fingerprint density at radius 2 is 0.566 bits per heavy atom. The van der Waals surface area contributed by atoms with E-state index in [1.165, 1.54) is 174 Å². The Hall–Kier alpha value is -9.88. The van der Waals surface area contributed by atoms with Gasteiger partial charge in [-0.2, -0.15) is 0 Å². The van der Waals surface area contributed by atoms with E-state index in [4.69, 9.17) is 0 Å².